The van der Waals surface area contributed by atoms with Gasteiger partial charge in [-0.3, -0.25) is 9.69 Å². The van der Waals surface area contributed by atoms with Gasteiger partial charge < -0.3 is 5.32 Å². The van der Waals surface area contributed by atoms with Gasteiger partial charge in [0.1, 0.15) is 0 Å². The number of fused-ring (bicyclic) bond motifs is 1. The van der Waals surface area contributed by atoms with Gasteiger partial charge in [0.25, 0.3) is 0 Å². The fourth-order valence-electron chi connectivity index (χ4n) is 2.92. The number of nitrogens with one attached hydrogen (secondary N) is 1. The van der Waals surface area contributed by atoms with Crippen LogP contribution in [0, 0.1) is 10.5 Å². The highest BCUT2D eigenvalue weighted by molar-refractivity contribution is 14.1. The van der Waals surface area contributed by atoms with E-state index in [0.29, 0.717) is 12.6 Å². The lowest BCUT2D eigenvalue weighted by atomic mass is 10.0. The zero-order chi connectivity index (χ0) is 15.7. The average Bonchev–Trinajstić information content (AvgIpc) is 2.94. The smallest absolute Gasteiger partial charge is 0.238 e. The standard InChI is InChI=1S/C17H19IN2OS/c1-11-9-13(18)3-4-15(11)19-17(21)10-20-7-5-16-14(12(20)2)6-8-22-16/h3-4,6,8-9,12H,5,7,10H2,1-2H3,(H,19,21). The van der Waals surface area contributed by atoms with Crippen LogP contribution in [0.15, 0.2) is 29.6 Å². The molecule has 1 N–H and O–H groups in total. The molecule has 0 saturated heterocycles. The van der Waals surface area contributed by atoms with E-state index in [9.17, 15) is 4.79 Å². The van der Waals surface area contributed by atoms with Crippen LogP contribution in [0.1, 0.15) is 29.0 Å². The molecule has 0 bridgehead atoms. The minimum absolute atomic E-state index is 0.0647. The van der Waals surface area contributed by atoms with Gasteiger partial charge >= 0.3 is 0 Å². The summed E-state index contributed by atoms with van der Waals surface area (Å²) in [5, 5.41) is 5.19. The van der Waals surface area contributed by atoms with Crippen LogP contribution >= 0.6 is 33.9 Å². The van der Waals surface area contributed by atoms with Crippen LogP contribution in [-0.4, -0.2) is 23.9 Å². The van der Waals surface area contributed by atoms with E-state index in [0.717, 1.165) is 24.2 Å². The van der Waals surface area contributed by atoms with E-state index < -0.39 is 0 Å². The lowest BCUT2D eigenvalue weighted by Crippen LogP contribution is -2.39. The third kappa shape index (κ3) is 3.36. The van der Waals surface area contributed by atoms with Crippen LogP contribution in [0.2, 0.25) is 0 Å². The molecule has 1 amide bonds. The number of benzene rings is 1. The summed E-state index contributed by atoms with van der Waals surface area (Å²) in [5.41, 5.74) is 3.40. The number of halogens is 1. The molecular weight excluding hydrogens is 407 g/mol. The molecule has 1 unspecified atom stereocenters. The molecule has 3 nitrogen and oxygen atoms in total. The lowest BCUT2D eigenvalue weighted by Gasteiger charge is -2.33. The van der Waals surface area contributed by atoms with Crippen molar-refractivity contribution in [1.29, 1.82) is 0 Å². The van der Waals surface area contributed by atoms with E-state index in [2.05, 4.69) is 57.2 Å². The summed E-state index contributed by atoms with van der Waals surface area (Å²) >= 11 is 4.11. The summed E-state index contributed by atoms with van der Waals surface area (Å²) in [7, 11) is 0. The largest absolute Gasteiger partial charge is 0.325 e. The number of amides is 1. The maximum atomic E-state index is 12.4. The Morgan fingerprint density at radius 2 is 2.27 bits per heavy atom. The third-order valence-corrected chi connectivity index (χ3v) is 5.88. The molecular formula is C17H19IN2OS. The number of anilines is 1. The number of hydrogen-bond acceptors (Lipinski definition) is 3. The minimum Gasteiger partial charge on any atom is -0.325 e. The van der Waals surface area contributed by atoms with Crippen molar-refractivity contribution in [1.82, 2.24) is 4.90 Å². The highest BCUT2D eigenvalue weighted by Crippen LogP contribution is 2.32. The molecule has 2 heterocycles. The number of hydrogen-bond donors (Lipinski definition) is 1. The predicted octanol–water partition coefficient (Wildman–Crippen LogP) is 4.22. The SMILES string of the molecule is Cc1cc(I)ccc1NC(=O)CN1CCc2sccc2C1C. The Bertz CT molecular complexity index is 698. The Kier molecular flexibility index (Phi) is 4.84. The molecule has 1 aromatic heterocycles. The quantitative estimate of drug-likeness (QED) is 0.746. The van der Waals surface area contributed by atoms with Gasteiger partial charge in [-0.05, 0) is 83.6 Å². The summed E-state index contributed by atoms with van der Waals surface area (Å²) in [6.07, 6.45) is 1.05. The highest BCUT2D eigenvalue weighted by Gasteiger charge is 2.26. The van der Waals surface area contributed by atoms with Crippen LogP contribution < -0.4 is 5.32 Å². The molecule has 3 rings (SSSR count). The van der Waals surface area contributed by atoms with E-state index in [1.165, 1.54) is 14.0 Å². The predicted molar refractivity (Wildman–Crippen MR) is 101 cm³/mol. The van der Waals surface area contributed by atoms with Gasteiger partial charge in [-0.1, -0.05) is 0 Å². The van der Waals surface area contributed by atoms with Crippen molar-refractivity contribution in [3.63, 3.8) is 0 Å². The Labute approximate surface area is 148 Å². The fraction of sp³-hybridized carbons (Fsp3) is 0.353. The summed E-state index contributed by atoms with van der Waals surface area (Å²) in [5.74, 6) is 0.0647. The molecule has 5 heteroatoms. The number of nitrogens with zero attached hydrogens (tertiary/aromatic N) is 1. The topological polar surface area (TPSA) is 32.3 Å². The van der Waals surface area contributed by atoms with E-state index in [1.54, 1.807) is 0 Å². The van der Waals surface area contributed by atoms with Gasteiger partial charge in [0.05, 0.1) is 6.54 Å². The molecule has 1 aromatic carbocycles. The van der Waals surface area contributed by atoms with E-state index in [4.69, 9.17) is 0 Å². The lowest BCUT2D eigenvalue weighted by molar-refractivity contribution is -0.117. The molecule has 22 heavy (non-hydrogen) atoms. The molecule has 0 fully saturated rings. The number of thiophene rings is 1. The van der Waals surface area contributed by atoms with Gasteiger partial charge in [0.15, 0.2) is 0 Å². The second kappa shape index (κ2) is 6.68. The number of carbonyl (C=O) groups is 1. The van der Waals surface area contributed by atoms with E-state index >= 15 is 0 Å². The number of carbonyl (C=O) groups excluding carboxylic acids is 1. The van der Waals surface area contributed by atoms with Gasteiger partial charge in [0.2, 0.25) is 5.91 Å². The molecule has 1 aliphatic heterocycles. The molecule has 1 aliphatic rings. The van der Waals surface area contributed by atoms with Crippen molar-refractivity contribution >= 4 is 45.5 Å². The first-order valence-electron chi connectivity index (χ1n) is 7.41. The molecule has 0 radical (unpaired) electrons. The van der Waals surface area contributed by atoms with Gasteiger partial charge in [-0.2, -0.15) is 0 Å². The molecule has 0 aliphatic carbocycles. The van der Waals surface area contributed by atoms with Crippen molar-refractivity contribution in [3.05, 3.63) is 49.2 Å². The van der Waals surface area contributed by atoms with Gasteiger partial charge in [0, 0.05) is 26.7 Å². The third-order valence-electron chi connectivity index (χ3n) is 4.21. The van der Waals surface area contributed by atoms with Crippen molar-refractivity contribution in [3.8, 4) is 0 Å². The first-order chi connectivity index (χ1) is 10.5. The van der Waals surface area contributed by atoms with Crippen LogP contribution in [0.25, 0.3) is 0 Å². The Hall–Kier alpha value is -0.920. The second-order valence-electron chi connectivity index (χ2n) is 5.70. The van der Waals surface area contributed by atoms with Crippen LogP contribution in [-0.2, 0) is 11.2 Å². The number of rotatable bonds is 3. The maximum Gasteiger partial charge on any atom is 0.238 e. The molecule has 116 valence electrons. The molecule has 0 spiro atoms. The fourth-order valence-corrected chi connectivity index (χ4v) is 4.53. The zero-order valence-electron chi connectivity index (χ0n) is 12.7. The van der Waals surface area contributed by atoms with Gasteiger partial charge in [-0.15, -0.1) is 11.3 Å². The van der Waals surface area contributed by atoms with Crippen molar-refractivity contribution < 1.29 is 4.79 Å². The first-order valence-corrected chi connectivity index (χ1v) is 9.37. The van der Waals surface area contributed by atoms with Crippen LogP contribution in [0.4, 0.5) is 5.69 Å². The normalized spacial score (nSPS) is 18.0. The van der Waals surface area contributed by atoms with E-state index in [1.807, 2.05) is 30.4 Å². The summed E-state index contributed by atoms with van der Waals surface area (Å²) in [4.78, 5) is 16.1. The molecule has 1 atom stereocenters. The minimum atomic E-state index is 0.0647. The summed E-state index contributed by atoms with van der Waals surface area (Å²) in [6, 6.07) is 8.59. The highest BCUT2D eigenvalue weighted by atomic mass is 127. The van der Waals surface area contributed by atoms with Crippen molar-refractivity contribution in [2.24, 2.45) is 0 Å². The average molecular weight is 426 g/mol. The summed E-state index contributed by atoms with van der Waals surface area (Å²) < 4.78 is 1.18. The Morgan fingerprint density at radius 3 is 3.05 bits per heavy atom. The second-order valence-corrected chi connectivity index (χ2v) is 7.95. The van der Waals surface area contributed by atoms with Gasteiger partial charge in [-0.25, -0.2) is 0 Å². The Balaban J connectivity index is 1.65. The molecule has 2 aromatic rings. The Morgan fingerprint density at radius 1 is 1.45 bits per heavy atom. The molecule has 0 saturated carbocycles. The van der Waals surface area contributed by atoms with Crippen LogP contribution in [0.5, 0.6) is 0 Å². The number of aryl methyl sites for hydroxylation is 1. The van der Waals surface area contributed by atoms with Crippen molar-refractivity contribution in [2.45, 2.75) is 26.3 Å². The van der Waals surface area contributed by atoms with E-state index in [-0.39, 0.29) is 5.91 Å². The summed E-state index contributed by atoms with van der Waals surface area (Å²) in [6.45, 7) is 5.61. The first kappa shape index (κ1) is 16.0. The monoisotopic (exact) mass is 426 g/mol. The maximum absolute atomic E-state index is 12.4. The van der Waals surface area contributed by atoms with Crippen LogP contribution in [0.3, 0.4) is 0 Å². The zero-order valence-corrected chi connectivity index (χ0v) is 15.7. The van der Waals surface area contributed by atoms with Crippen molar-refractivity contribution in [2.75, 3.05) is 18.4 Å².